The van der Waals surface area contributed by atoms with Crippen molar-refractivity contribution in [1.82, 2.24) is 10.6 Å². The molecule has 0 aromatic rings. The fraction of sp³-hybridized carbons (Fsp3) is 0.870. The molecular formula is C23H35N3O2. The van der Waals surface area contributed by atoms with Crippen LogP contribution in [-0.4, -0.2) is 23.4 Å². The number of rotatable bonds is 2. The van der Waals surface area contributed by atoms with Crippen LogP contribution in [0.4, 0.5) is 0 Å². The van der Waals surface area contributed by atoms with Crippen LogP contribution < -0.4 is 10.6 Å². The van der Waals surface area contributed by atoms with Gasteiger partial charge >= 0.3 is 0 Å². The Morgan fingerprint density at radius 2 is 1.82 bits per heavy atom. The number of fused-ring (bicyclic) bond motifs is 5. The highest BCUT2D eigenvalue weighted by Gasteiger charge is 2.61. The number of carbonyl (C=O) groups excluding carboxylic acids is 2. The third-order valence-electron chi connectivity index (χ3n) is 9.13. The summed E-state index contributed by atoms with van der Waals surface area (Å²) in [6.45, 7) is 8.29. The SMILES string of the molecule is CC(C)(C#N)NC(=O)[C@H]1CC[C@H]2[C@@H]3CC[C@H]4NC(=O)CC[C@]4(C)[C@H]3CC[C@]12C. The van der Waals surface area contributed by atoms with Crippen LogP contribution in [0.1, 0.15) is 79.1 Å². The monoisotopic (exact) mass is 385 g/mol. The van der Waals surface area contributed by atoms with Crippen LogP contribution in [0.2, 0.25) is 0 Å². The molecule has 1 saturated heterocycles. The van der Waals surface area contributed by atoms with Crippen molar-refractivity contribution in [3.63, 3.8) is 0 Å². The van der Waals surface area contributed by atoms with Crippen molar-refractivity contribution in [3.05, 3.63) is 0 Å². The molecular weight excluding hydrogens is 350 g/mol. The van der Waals surface area contributed by atoms with Gasteiger partial charge in [-0.1, -0.05) is 13.8 Å². The second-order valence-electron chi connectivity index (χ2n) is 11.0. The van der Waals surface area contributed by atoms with E-state index < -0.39 is 5.54 Å². The zero-order chi connectivity index (χ0) is 20.3. The van der Waals surface area contributed by atoms with Crippen LogP contribution >= 0.6 is 0 Å². The first-order chi connectivity index (χ1) is 13.1. The quantitative estimate of drug-likeness (QED) is 0.763. The van der Waals surface area contributed by atoms with Crippen molar-refractivity contribution in [2.24, 2.45) is 34.5 Å². The Morgan fingerprint density at radius 3 is 2.54 bits per heavy atom. The van der Waals surface area contributed by atoms with Crippen molar-refractivity contribution >= 4 is 11.8 Å². The topological polar surface area (TPSA) is 82.0 Å². The number of nitriles is 1. The molecule has 0 aromatic carbocycles. The fourth-order valence-corrected chi connectivity index (χ4v) is 7.56. The molecule has 1 aliphatic heterocycles. The summed E-state index contributed by atoms with van der Waals surface area (Å²) in [7, 11) is 0. The number of nitrogens with one attached hydrogen (secondary N) is 2. The molecule has 154 valence electrons. The molecule has 4 aliphatic rings. The van der Waals surface area contributed by atoms with E-state index >= 15 is 0 Å². The molecule has 4 fully saturated rings. The predicted octanol–water partition coefficient (Wildman–Crippen LogP) is 3.54. The van der Waals surface area contributed by atoms with Crippen molar-refractivity contribution < 1.29 is 9.59 Å². The Hall–Kier alpha value is -1.57. The molecule has 5 heteroatoms. The van der Waals surface area contributed by atoms with Crippen molar-refractivity contribution in [2.45, 2.75) is 90.6 Å². The van der Waals surface area contributed by atoms with Crippen LogP contribution in [0.25, 0.3) is 0 Å². The minimum absolute atomic E-state index is 0.0164. The highest BCUT2D eigenvalue weighted by Crippen LogP contribution is 2.65. The molecule has 3 aliphatic carbocycles. The first kappa shape index (κ1) is 19.7. The Morgan fingerprint density at radius 1 is 1.11 bits per heavy atom. The summed E-state index contributed by atoms with van der Waals surface area (Å²) >= 11 is 0. The van der Waals surface area contributed by atoms with Crippen molar-refractivity contribution in [1.29, 1.82) is 5.26 Å². The van der Waals surface area contributed by atoms with Gasteiger partial charge in [-0.05, 0) is 87.4 Å². The van der Waals surface area contributed by atoms with Gasteiger partial charge in [0.15, 0.2) is 0 Å². The van der Waals surface area contributed by atoms with E-state index in [4.69, 9.17) is 0 Å². The normalized spacial score (nSPS) is 45.1. The molecule has 0 bridgehead atoms. The predicted molar refractivity (Wildman–Crippen MR) is 107 cm³/mol. The second kappa shape index (κ2) is 6.47. The molecule has 0 spiro atoms. The van der Waals surface area contributed by atoms with Crippen LogP contribution in [0.5, 0.6) is 0 Å². The number of carbonyl (C=O) groups is 2. The van der Waals surface area contributed by atoms with Gasteiger partial charge in [-0.3, -0.25) is 9.59 Å². The first-order valence-corrected chi connectivity index (χ1v) is 11.1. The summed E-state index contributed by atoms with van der Waals surface area (Å²) < 4.78 is 0. The van der Waals surface area contributed by atoms with Gasteiger partial charge < -0.3 is 10.6 Å². The average Bonchev–Trinajstić information content (AvgIpc) is 2.99. The van der Waals surface area contributed by atoms with Crippen LogP contribution in [0, 0.1) is 45.8 Å². The van der Waals surface area contributed by atoms with Gasteiger partial charge in [-0.15, -0.1) is 0 Å². The third kappa shape index (κ3) is 2.86. The summed E-state index contributed by atoms with van der Waals surface area (Å²) in [6.07, 6.45) is 8.22. The van der Waals surface area contributed by atoms with E-state index in [0.717, 1.165) is 38.5 Å². The molecule has 3 saturated carbocycles. The van der Waals surface area contributed by atoms with Crippen LogP contribution in [0.3, 0.4) is 0 Å². The molecule has 4 rings (SSSR count). The van der Waals surface area contributed by atoms with Crippen molar-refractivity contribution in [3.8, 4) is 6.07 Å². The zero-order valence-electron chi connectivity index (χ0n) is 17.8. The molecule has 2 N–H and O–H groups in total. The Balaban J connectivity index is 1.55. The summed E-state index contributed by atoms with van der Waals surface area (Å²) in [6, 6.07) is 2.53. The smallest absolute Gasteiger partial charge is 0.224 e. The summed E-state index contributed by atoms with van der Waals surface area (Å²) in [4.78, 5) is 25.0. The second-order valence-corrected chi connectivity index (χ2v) is 11.0. The maximum Gasteiger partial charge on any atom is 0.224 e. The van der Waals surface area contributed by atoms with E-state index in [1.165, 1.54) is 6.42 Å². The van der Waals surface area contributed by atoms with Gasteiger partial charge in [0.2, 0.25) is 11.8 Å². The molecule has 0 unspecified atom stereocenters. The van der Waals surface area contributed by atoms with Gasteiger partial charge in [0.25, 0.3) is 0 Å². The van der Waals surface area contributed by atoms with Gasteiger partial charge in [-0.2, -0.15) is 5.26 Å². The van der Waals surface area contributed by atoms with Crippen LogP contribution in [-0.2, 0) is 9.59 Å². The van der Waals surface area contributed by atoms with Gasteiger partial charge in [-0.25, -0.2) is 0 Å². The molecule has 1 heterocycles. The van der Waals surface area contributed by atoms with E-state index in [9.17, 15) is 14.9 Å². The lowest BCUT2D eigenvalue weighted by molar-refractivity contribution is -0.142. The molecule has 7 atom stereocenters. The van der Waals surface area contributed by atoms with E-state index in [1.54, 1.807) is 13.8 Å². The molecule has 0 radical (unpaired) electrons. The van der Waals surface area contributed by atoms with E-state index in [0.29, 0.717) is 30.2 Å². The fourth-order valence-electron chi connectivity index (χ4n) is 7.56. The van der Waals surface area contributed by atoms with Gasteiger partial charge in [0.1, 0.15) is 5.54 Å². The van der Waals surface area contributed by atoms with E-state index in [-0.39, 0.29) is 28.6 Å². The van der Waals surface area contributed by atoms with E-state index in [2.05, 4.69) is 30.6 Å². The number of amides is 2. The van der Waals surface area contributed by atoms with Gasteiger partial charge in [0, 0.05) is 18.4 Å². The standard InChI is InChI=1S/C23H35N3O2/c1-21(2,13-24)26-20(28)17-7-6-15-14-5-8-18-23(4,12-10-19(27)25-18)16(14)9-11-22(15,17)3/h14-18H,5-12H2,1-4H3,(H,25,27)(H,26,28)/t14-,15-,16-,17+,18+,22-,23+/m0/s1. The molecule has 5 nitrogen and oxygen atoms in total. The molecule has 28 heavy (non-hydrogen) atoms. The number of hydrogen-bond donors (Lipinski definition) is 2. The minimum atomic E-state index is -0.811. The lowest BCUT2D eigenvalue weighted by Crippen LogP contribution is -2.61. The van der Waals surface area contributed by atoms with E-state index in [1.807, 2.05) is 0 Å². The zero-order valence-corrected chi connectivity index (χ0v) is 17.8. The van der Waals surface area contributed by atoms with Crippen LogP contribution in [0.15, 0.2) is 0 Å². The summed E-state index contributed by atoms with van der Waals surface area (Å²) in [5, 5.41) is 15.6. The highest BCUT2D eigenvalue weighted by molar-refractivity contribution is 5.81. The molecule has 2 amide bonds. The summed E-state index contributed by atoms with van der Waals surface area (Å²) in [5.41, 5.74) is -0.562. The lowest BCUT2D eigenvalue weighted by atomic mass is 9.47. The third-order valence-corrected chi connectivity index (χ3v) is 9.13. The summed E-state index contributed by atoms with van der Waals surface area (Å²) in [5.74, 6) is 2.21. The number of hydrogen-bond acceptors (Lipinski definition) is 3. The largest absolute Gasteiger partial charge is 0.353 e. The Bertz CT molecular complexity index is 726. The first-order valence-electron chi connectivity index (χ1n) is 11.1. The highest BCUT2D eigenvalue weighted by atomic mass is 16.2. The molecule has 0 aromatic heterocycles. The van der Waals surface area contributed by atoms with Gasteiger partial charge in [0.05, 0.1) is 6.07 Å². The van der Waals surface area contributed by atoms with Crippen molar-refractivity contribution in [2.75, 3.05) is 0 Å². The number of piperidine rings is 1. The maximum atomic E-state index is 13.1. The Labute approximate surface area is 169 Å². The number of nitrogens with zero attached hydrogens (tertiary/aromatic N) is 1. The average molecular weight is 386 g/mol. The maximum absolute atomic E-state index is 13.1. The minimum Gasteiger partial charge on any atom is -0.353 e. The Kier molecular flexibility index (Phi) is 4.56. The lowest BCUT2D eigenvalue weighted by Gasteiger charge is -2.60.